The number of ether oxygens (including phenoxy) is 2. The Morgan fingerprint density at radius 2 is 1.63 bits per heavy atom. The van der Waals surface area contributed by atoms with Crippen molar-refractivity contribution in [1.29, 1.82) is 0 Å². The lowest BCUT2D eigenvalue weighted by Crippen LogP contribution is -2.39. The molecule has 1 saturated heterocycles. The van der Waals surface area contributed by atoms with Gasteiger partial charge in [0.2, 0.25) is 0 Å². The zero-order valence-electron chi connectivity index (χ0n) is 21.6. The van der Waals surface area contributed by atoms with Crippen LogP contribution in [-0.2, 0) is 25.6 Å². The van der Waals surface area contributed by atoms with Gasteiger partial charge in [0.15, 0.2) is 0 Å². The molecule has 2 aliphatic heterocycles. The summed E-state index contributed by atoms with van der Waals surface area (Å²) in [5, 5.41) is 14.5. The van der Waals surface area contributed by atoms with Crippen LogP contribution in [0.2, 0.25) is 0 Å². The first-order valence-corrected chi connectivity index (χ1v) is 12.3. The lowest BCUT2D eigenvalue weighted by Gasteiger charge is -2.34. The van der Waals surface area contributed by atoms with E-state index in [0.29, 0.717) is 29.8 Å². The molecule has 1 atom stereocenters. The summed E-state index contributed by atoms with van der Waals surface area (Å²) in [4.78, 5) is 39.6. The van der Waals surface area contributed by atoms with Crippen LogP contribution in [0.3, 0.4) is 0 Å². The highest BCUT2D eigenvalue weighted by molar-refractivity contribution is 6.00. The number of halogens is 1. The average Bonchev–Trinajstić information content (AvgIpc) is 2.89. The monoisotopic (exact) mass is 541 g/mol. The summed E-state index contributed by atoms with van der Waals surface area (Å²) in [6.45, 7) is 5.89. The van der Waals surface area contributed by atoms with E-state index < -0.39 is 22.8 Å². The molecule has 1 unspecified atom stereocenters. The number of carbonyl (C=O) groups is 2. The number of non-ortho nitro benzene ring substituents is 1. The Morgan fingerprint density at radius 3 is 2.24 bits per heavy atom. The van der Waals surface area contributed by atoms with Crippen LogP contribution in [0.1, 0.15) is 43.7 Å². The Labute approximate surface area is 228 Å². The van der Waals surface area contributed by atoms with Crippen LogP contribution < -0.4 is 5.32 Å². The maximum atomic E-state index is 13.6. The standard InChI is InChI=1S/C28H31N3O6.ClH/c1-18-24(27(32)36-3)26(21-10-7-11-22(16-21)31(34)35)25(19(2)29-18)28(33)37-23-12-14-30(15-13-23)17-20-8-5-4-6-9-20;/h4-11,16,23,26,29H,12-15,17H2,1-3H3;1H. The molecule has 0 saturated carbocycles. The first-order valence-electron chi connectivity index (χ1n) is 12.3. The van der Waals surface area contributed by atoms with Gasteiger partial charge in [-0.25, -0.2) is 9.59 Å². The van der Waals surface area contributed by atoms with Crippen LogP contribution in [0.4, 0.5) is 5.69 Å². The van der Waals surface area contributed by atoms with E-state index in [0.717, 1.165) is 19.6 Å². The number of carbonyl (C=O) groups excluding carboxylic acids is 2. The average molecular weight is 542 g/mol. The summed E-state index contributed by atoms with van der Waals surface area (Å²) in [5.41, 5.74) is 3.08. The Morgan fingerprint density at radius 1 is 1.00 bits per heavy atom. The highest BCUT2D eigenvalue weighted by Gasteiger charge is 2.39. The molecule has 1 fully saturated rings. The van der Waals surface area contributed by atoms with Crippen molar-refractivity contribution in [3.05, 3.63) is 98.4 Å². The topological polar surface area (TPSA) is 111 Å². The van der Waals surface area contributed by atoms with Crippen molar-refractivity contribution in [2.45, 2.75) is 45.3 Å². The number of nitrogens with zero attached hydrogens (tertiary/aromatic N) is 2. The molecule has 0 radical (unpaired) electrons. The first kappa shape index (κ1) is 28.9. The van der Waals surface area contributed by atoms with E-state index in [1.165, 1.54) is 24.8 Å². The van der Waals surface area contributed by atoms with Crippen LogP contribution in [-0.4, -0.2) is 48.1 Å². The summed E-state index contributed by atoms with van der Waals surface area (Å²) in [7, 11) is 1.26. The largest absolute Gasteiger partial charge is 0.466 e. The van der Waals surface area contributed by atoms with Gasteiger partial charge in [0.05, 0.1) is 29.1 Å². The Balaban J connectivity index is 0.00000400. The van der Waals surface area contributed by atoms with Crippen LogP contribution in [0.15, 0.2) is 77.1 Å². The molecular weight excluding hydrogens is 510 g/mol. The van der Waals surface area contributed by atoms with E-state index in [1.807, 2.05) is 18.2 Å². The normalized spacial score (nSPS) is 18.3. The number of hydrogen-bond acceptors (Lipinski definition) is 8. The van der Waals surface area contributed by atoms with Gasteiger partial charge in [0.25, 0.3) is 5.69 Å². The molecule has 202 valence electrons. The minimum Gasteiger partial charge on any atom is -0.466 e. The van der Waals surface area contributed by atoms with Gasteiger partial charge in [0.1, 0.15) is 6.10 Å². The fourth-order valence-electron chi connectivity index (χ4n) is 5.04. The van der Waals surface area contributed by atoms with Gasteiger partial charge < -0.3 is 14.8 Å². The zero-order chi connectivity index (χ0) is 26.5. The molecule has 2 aromatic carbocycles. The van der Waals surface area contributed by atoms with Crippen molar-refractivity contribution in [1.82, 2.24) is 10.2 Å². The molecule has 0 spiro atoms. The first-order chi connectivity index (χ1) is 17.8. The maximum absolute atomic E-state index is 13.6. The summed E-state index contributed by atoms with van der Waals surface area (Å²) < 4.78 is 11.0. The number of nitro groups is 1. The zero-order valence-corrected chi connectivity index (χ0v) is 22.5. The number of likely N-dealkylation sites (tertiary alicyclic amines) is 1. The molecule has 0 amide bonds. The fraction of sp³-hybridized carbons (Fsp3) is 0.357. The van der Waals surface area contributed by atoms with Gasteiger partial charge in [-0.05, 0) is 37.8 Å². The number of piperidine rings is 1. The number of methoxy groups -OCH3 is 1. The molecule has 2 aromatic rings. The Bertz CT molecular complexity index is 1250. The van der Waals surface area contributed by atoms with Crippen molar-refractivity contribution in [2.24, 2.45) is 0 Å². The van der Waals surface area contributed by atoms with E-state index in [2.05, 4.69) is 22.3 Å². The lowest BCUT2D eigenvalue weighted by molar-refractivity contribution is -0.384. The maximum Gasteiger partial charge on any atom is 0.337 e. The fourth-order valence-corrected chi connectivity index (χ4v) is 5.04. The second-order valence-corrected chi connectivity index (χ2v) is 9.35. The smallest absolute Gasteiger partial charge is 0.337 e. The molecule has 9 nitrogen and oxygen atoms in total. The molecule has 38 heavy (non-hydrogen) atoms. The van der Waals surface area contributed by atoms with Gasteiger partial charge in [-0.3, -0.25) is 15.0 Å². The summed E-state index contributed by atoms with van der Waals surface area (Å²) >= 11 is 0. The van der Waals surface area contributed by atoms with Gasteiger partial charge in [-0.15, -0.1) is 12.4 Å². The van der Waals surface area contributed by atoms with Crippen molar-refractivity contribution in [3.8, 4) is 0 Å². The lowest BCUT2D eigenvalue weighted by atomic mass is 9.80. The van der Waals surface area contributed by atoms with Gasteiger partial charge >= 0.3 is 11.9 Å². The highest BCUT2D eigenvalue weighted by atomic mass is 35.5. The van der Waals surface area contributed by atoms with Gasteiger partial charge in [-0.2, -0.15) is 0 Å². The molecule has 10 heteroatoms. The third kappa shape index (κ3) is 6.41. The predicted molar refractivity (Wildman–Crippen MR) is 144 cm³/mol. The number of nitro benzene ring substituents is 1. The third-order valence-corrected chi connectivity index (χ3v) is 6.86. The second kappa shape index (κ2) is 12.7. The SMILES string of the molecule is COC(=O)C1=C(C)NC(C)=C(C(=O)OC2CCN(Cc3ccccc3)CC2)C1c1cccc([N+](=O)[O-])c1.Cl. The number of hydrogen-bond donors (Lipinski definition) is 1. The van der Waals surface area contributed by atoms with Crippen LogP contribution in [0.5, 0.6) is 0 Å². The molecule has 2 aliphatic rings. The van der Waals surface area contributed by atoms with Crippen LogP contribution >= 0.6 is 12.4 Å². The van der Waals surface area contributed by atoms with E-state index in [4.69, 9.17) is 9.47 Å². The highest BCUT2D eigenvalue weighted by Crippen LogP contribution is 2.40. The number of rotatable bonds is 7. The second-order valence-electron chi connectivity index (χ2n) is 9.35. The van der Waals surface area contributed by atoms with E-state index in [9.17, 15) is 19.7 Å². The van der Waals surface area contributed by atoms with Crippen LogP contribution in [0, 0.1) is 10.1 Å². The van der Waals surface area contributed by atoms with E-state index in [1.54, 1.807) is 26.0 Å². The molecule has 4 rings (SSSR count). The third-order valence-electron chi connectivity index (χ3n) is 6.86. The number of allylic oxidation sites excluding steroid dienone is 2. The molecule has 0 aromatic heterocycles. The molecule has 2 heterocycles. The number of benzene rings is 2. The minimum atomic E-state index is -0.862. The Hall–Kier alpha value is -3.69. The summed E-state index contributed by atoms with van der Waals surface area (Å²) in [6, 6.07) is 16.2. The molecule has 0 aliphatic carbocycles. The van der Waals surface area contributed by atoms with Crippen molar-refractivity contribution in [2.75, 3.05) is 20.2 Å². The van der Waals surface area contributed by atoms with Crippen molar-refractivity contribution < 1.29 is 24.0 Å². The molecular formula is C28H32ClN3O6. The number of dihydropyridines is 1. The predicted octanol–water partition coefficient (Wildman–Crippen LogP) is 4.63. The molecule has 0 bridgehead atoms. The quantitative estimate of drug-likeness (QED) is 0.307. The van der Waals surface area contributed by atoms with E-state index in [-0.39, 0.29) is 35.3 Å². The van der Waals surface area contributed by atoms with Crippen LogP contribution in [0.25, 0.3) is 0 Å². The number of esters is 2. The van der Waals surface area contributed by atoms with Crippen molar-refractivity contribution in [3.63, 3.8) is 0 Å². The number of nitrogens with one attached hydrogen (secondary N) is 1. The van der Waals surface area contributed by atoms with Crippen molar-refractivity contribution >= 4 is 30.0 Å². The molecule has 1 N–H and O–H groups in total. The minimum absolute atomic E-state index is 0. The van der Waals surface area contributed by atoms with E-state index >= 15 is 0 Å². The van der Waals surface area contributed by atoms with Gasteiger partial charge in [0, 0.05) is 43.2 Å². The Kier molecular flexibility index (Phi) is 9.66. The summed E-state index contributed by atoms with van der Waals surface area (Å²) in [6.07, 6.45) is 1.12. The summed E-state index contributed by atoms with van der Waals surface area (Å²) in [5.74, 6) is -2.02. The van der Waals surface area contributed by atoms with Gasteiger partial charge in [-0.1, -0.05) is 42.5 Å².